The quantitative estimate of drug-likeness (QED) is 0.756. The Kier molecular flexibility index (Phi) is 4.78. The fourth-order valence-electron chi connectivity index (χ4n) is 3.14. The van der Waals surface area contributed by atoms with Crippen LogP contribution in [0.25, 0.3) is 0 Å². The highest BCUT2D eigenvalue weighted by Crippen LogP contribution is 2.31. The van der Waals surface area contributed by atoms with Gasteiger partial charge in [-0.05, 0) is 49.7 Å². The maximum atomic E-state index is 4.58. The van der Waals surface area contributed by atoms with E-state index >= 15 is 0 Å². The average molecular weight is 298 g/mol. The van der Waals surface area contributed by atoms with Crippen molar-refractivity contribution < 1.29 is 0 Å². The number of nitrogens with zero attached hydrogens (tertiary/aromatic N) is 1. The minimum absolute atomic E-state index is 0.150. The molecule has 1 atom stereocenters. The summed E-state index contributed by atoms with van der Waals surface area (Å²) in [5.41, 5.74) is 3.41. The molecule has 0 spiro atoms. The van der Waals surface area contributed by atoms with Crippen LogP contribution >= 0.6 is 0 Å². The largest absolute Gasteiger partial charge is 0.388 e. The molecule has 1 aromatic rings. The highest BCUT2D eigenvalue weighted by molar-refractivity contribution is 5.85. The van der Waals surface area contributed by atoms with E-state index in [1.807, 2.05) is 31.5 Å². The Morgan fingerprint density at radius 2 is 2.18 bits per heavy atom. The van der Waals surface area contributed by atoms with E-state index in [1.165, 1.54) is 24.8 Å². The smallest absolute Gasteiger partial charge is 0.0859 e. The van der Waals surface area contributed by atoms with Gasteiger partial charge in [0.05, 0.1) is 17.4 Å². The molecule has 1 aromatic carbocycles. The van der Waals surface area contributed by atoms with Crippen LogP contribution in [0.3, 0.4) is 0 Å². The van der Waals surface area contributed by atoms with Gasteiger partial charge >= 0.3 is 0 Å². The van der Waals surface area contributed by atoms with E-state index in [4.69, 9.17) is 0 Å². The number of nitrogens with one attached hydrogen (secondary N) is 3. The molecule has 1 unspecified atom stereocenters. The Bertz CT molecular complexity index is 558. The molecule has 1 fully saturated rings. The summed E-state index contributed by atoms with van der Waals surface area (Å²) >= 11 is 0. The van der Waals surface area contributed by atoms with Crippen molar-refractivity contribution in [3.8, 4) is 0 Å². The monoisotopic (exact) mass is 298 g/mol. The first-order chi connectivity index (χ1) is 10.8. The lowest BCUT2D eigenvalue weighted by Gasteiger charge is -2.35. The Hall–Kier alpha value is -1.81. The SMILES string of the molecule is CCC1CC(N/C=C(\CNC)C2C=Nc3ccccc3N2)C1. The van der Waals surface area contributed by atoms with Crippen LogP contribution in [0.1, 0.15) is 26.2 Å². The zero-order chi connectivity index (χ0) is 15.4. The van der Waals surface area contributed by atoms with E-state index < -0.39 is 0 Å². The first-order valence-corrected chi connectivity index (χ1v) is 8.29. The first-order valence-electron chi connectivity index (χ1n) is 8.29. The van der Waals surface area contributed by atoms with Gasteiger partial charge in [-0.25, -0.2) is 0 Å². The zero-order valence-corrected chi connectivity index (χ0v) is 13.5. The predicted molar refractivity (Wildman–Crippen MR) is 94.0 cm³/mol. The number of hydrogen-bond acceptors (Lipinski definition) is 4. The lowest BCUT2D eigenvalue weighted by molar-refractivity contribution is 0.233. The molecule has 3 rings (SSSR count). The first kappa shape index (κ1) is 15.1. The zero-order valence-electron chi connectivity index (χ0n) is 13.5. The van der Waals surface area contributed by atoms with Crippen molar-refractivity contribution in [1.29, 1.82) is 0 Å². The van der Waals surface area contributed by atoms with Gasteiger partial charge in [-0.1, -0.05) is 25.5 Å². The van der Waals surface area contributed by atoms with Gasteiger partial charge < -0.3 is 16.0 Å². The molecule has 4 heteroatoms. The number of hydrogen-bond donors (Lipinski definition) is 3. The molecule has 0 aromatic heterocycles. The second-order valence-corrected chi connectivity index (χ2v) is 6.28. The summed E-state index contributed by atoms with van der Waals surface area (Å²) in [6.07, 6.45) is 8.09. The van der Waals surface area contributed by atoms with Gasteiger partial charge in [0.25, 0.3) is 0 Å². The second-order valence-electron chi connectivity index (χ2n) is 6.28. The molecule has 1 aliphatic carbocycles. The average Bonchev–Trinajstić information content (AvgIpc) is 2.52. The van der Waals surface area contributed by atoms with Gasteiger partial charge in [0.15, 0.2) is 0 Å². The van der Waals surface area contributed by atoms with Crippen molar-refractivity contribution in [3.63, 3.8) is 0 Å². The van der Waals surface area contributed by atoms with Crippen LogP contribution in [-0.4, -0.2) is 31.9 Å². The summed E-state index contributed by atoms with van der Waals surface area (Å²) in [7, 11) is 1.98. The Morgan fingerprint density at radius 1 is 1.36 bits per heavy atom. The molecule has 0 bridgehead atoms. The van der Waals surface area contributed by atoms with E-state index in [-0.39, 0.29) is 6.04 Å². The van der Waals surface area contributed by atoms with Crippen LogP contribution in [0.5, 0.6) is 0 Å². The van der Waals surface area contributed by atoms with Crippen molar-refractivity contribution in [2.75, 3.05) is 18.9 Å². The molecule has 4 nitrogen and oxygen atoms in total. The summed E-state index contributed by atoms with van der Waals surface area (Å²) in [5.74, 6) is 0.917. The normalized spacial score (nSPS) is 26.8. The summed E-state index contributed by atoms with van der Waals surface area (Å²) in [4.78, 5) is 4.58. The molecule has 2 aliphatic rings. The summed E-state index contributed by atoms with van der Waals surface area (Å²) < 4.78 is 0. The molecule has 1 heterocycles. The van der Waals surface area contributed by atoms with E-state index in [1.54, 1.807) is 0 Å². The van der Waals surface area contributed by atoms with Crippen LogP contribution < -0.4 is 16.0 Å². The predicted octanol–water partition coefficient (Wildman–Crippen LogP) is 3.06. The van der Waals surface area contributed by atoms with Crippen molar-refractivity contribution in [2.45, 2.75) is 38.3 Å². The molecule has 0 saturated heterocycles. The standard InChI is InChI=1S/C18H26N4/c1-3-13-8-15(9-13)20-11-14(10-19-2)18-12-21-16-6-4-5-7-17(16)22-18/h4-7,11-13,15,18-20,22H,3,8-10H2,1-2H3/b14-11+. The van der Waals surface area contributed by atoms with Crippen LogP contribution in [0.15, 0.2) is 41.0 Å². The molecule has 3 N–H and O–H groups in total. The summed E-state index contributed by atoms with van der Waals surface area (Å²) in [6, 6.07) is 8.98. The van der Waals surface area contributed by atoms with Gasteiger partial charge in [0, 0.05) is 18.8 Å². The summed E-state index contributed by atoms with van der Waals surface area (Å²) in [6.45, 7) is 3.13. The lowest BCUT2D eigenvalue weighted by atomic mass is 9.79. The van der Waals surface area contributed by atoms with Gasteiger partial charge in [-0.15, -0.1) is 0 Å². The molecule has 22 heavy (non-hydrogen) atoms. The van der Waals surface area contributed by atoms with Gasteiger partial charge in [-0.2, -0.15) is 0 Å². The topological polar surface area (TPSA) is 48.5 Å². The van der Waals surface area contributed by atoms with Gasteiger partial charge in [0.2, 0.25) is 0 Å². The van der Waals surface area contributed by atoms with Crippen molar-refractivity contribution in [1.82, 2.24) is 10.6 Å². The third-order valence-electron chi connectivity index (χ3n) is 4.68. The van der Waals surface area contributed by atoms with Crippen LogP contribution in [0, 0.1) is 5.92 Å². The Morgan fingerprint density at radius 3 is 2.95 bits per heavy atom. The Balaban J connectivity index is 1.64. The third kappa shape index (κ3) is 3.33. The summed E-state index contributed by atoms with van der Waals surface area (Å²) in [5, 5.41) is 10.4. The van der Waals surface area contributed by atoms with Crippen LogP contribution in [-0.2, 0) is 0 Å². The van der Waals surface area contributed by atoms with Crippen LogP contribution in [0.2, 0.25) is 0 Å². The minimum Gasteiger partial charge on any atom is -0.388 e. The number of likely N-dealkylation sites (N-methyl/N-ethyl adjacent to an activating group) is 1. The molecule has 0 radical (unpaired) electrons. The van der Waals surface area contributed by atoms with Crippen molar-refractivity contribution in [2.24, 2.45) is 10.9 Å². The highest BCUT2D eigenvalue weighted by atomic mass is 15.0. The third-order valence-corrected chi connectivity index (χ3v) is 4.68. The second kappa shape index (κ2) is 6.97. The number of benzene rings is 1. The number of anilines is 1. The number of fused-ring (bicyclic) bond motifs is 1. The van der Waals surface area contributed by atoms with E-state index in [9.17, 15) is 0 Å². The number of rotatable bonds is 6. The maximum Gasteiger partial charge on any atom is 0.0859 e. The molecular formula is C18H26N4. The van der Waals surface area contributed by atoms with Crippen molar-refractivity contribution in [3.05, 3.63) is 36.0 Å². The van der Waals surface area contributed by atoms with Crippen molar-refractivity contribution >= 4 is 17.6 Å². The molecule has 1 aliphatic heterocycles. The maximum absolute atomic E-state index is 4.58. The fraction of sp³-hybridized carbons (Fsp3) is 0.500. The molecule has 118 valence electrons. The minimum atomic E-state index is 0.150. The number of para-hydroxylation sites is 2. The molecular weight excluding hydrogens is 272 g/mol. The van der Waals surface area contributed by atoms with E-state index in [2.05, 4.69) is 40.1 Å². The number of aliphatic imine (C=N–C) groups is 1. The molecule has 1 saturated carbocycles. The lowest BCUT2D eigenvalue weighted by Crippen LogP contribution is -2.40. The van der Waals surface area contributed by atoms with E-state index in [0.29, 0.717) is 6.04 Å². The molecule has 0 amide bonds. The van der Waals surface area contributed by atoms with Gasteiger partial charge in [0.1, 0.15) is 0 Å². The van der Waals surface area contributed by atoms with Gasteiger partial charge in [-0.3, -0.25) is 4.99 Å². The van der Waals surface area contributed by atoms with Crippen LogP contribution in [0.4, 0.5) is 11.4 Å². The van der Waals surface area contributed by atoms with E-state index in [0.717, 1.165) is 23.8 Å². The fourth-order valence-corrected chi connectivity index (χ4v) is 3.14. The highest BCUT2D eigenvalue weighted by Gasteiger charge is 2.26. The Labute approximate surface area is 133 Å².